The standard InChI is InChI=1S/C18H23N3O3S/c1-24-17-4-2-3-5-18(17)25(22,23)20-14-15-8-12-21(13-9-15)16-6-10-19-11-7-16/h2-7,10-11,15,20H,8-9,12-14H2,1H3. The van der Waals surface area contributed by atoms with Gasteiger partial charge in [0.05, 0.1) is 7.11 Å². The molecule has 0 radical (unpaired) electrons. The second-order valence-electron chi connectivity index (χ2n) is 6.14. The van der Waals surface area contributed by atoms with Crippen molar-refractivity contribution in [3.05, 3.63) is 48.8 Å². The smallest absolute Gasteiger partial charge is 0.244 e. The molecule has 7 heteroatoms. The highest BCUT2D eigenvalue weighted by atomic mass is 32.2. The molecule has 0 amide bonds. The van der Waals surface area contributed by atoms with E-state index < -0.39 is 10.0 Å². The predicted molar refractivity (Wildman–Crippen MR) is 97.4 cm³/mol. The third kappa shape index (κ3) is 4.29. The molecular weight excluding hydrogens is 338 g/mol. The monoisotopic (exact) mass is 361 g/mol. The highest BCUT2D eigenvalue weighted by Crippen LogP contribution is 2.25. The van der Waals surface area contributed by atoms with Crippen LogP contribution in [0.2, 0.25) is 0 Å². The lowest BCUT2D eigenvalue weighted by Crippen LogP contribution is -2.38. The minimum absolute atomic E-state index is 0.187. The van der Waals surface area contributed by atoms with Gasteiger partial charge in [0.25, 0.3) is 0 Å². The van der Waals surface area contributed by atoms with E-state index in [0.717, 1.165) is 25.9 Å². The molecule has 0 bridgehead atoms. The zero-order valence-electron chi connectivity index (χ0n) is 14.3. The number of para-hydroxylation sites is 1. The van der Waals surface area contributed by atoms with Crippen molar-refractivity contribution < 1.29 is 13.2 Å². The molecule has 2 aromatic rings. The van der Waals surface area contributed by atoms with Crippen LogP contribution in [-0.2, 0) is 10.0 Å². The second-order valence-corrected chi connectivity index (χ2v) is 7.87. The zero-order valence-corrected chi connectivity index (χ0v) is 15.1. The average Bonchev–Trinajstić information content (AvgIpc) is 2.67. The number of benzene rings is 1. The van der Waals surface area contributed by atoms with Crippen molar-refractivity contribution in [1.29, 1.82) is 0 Å². The largest absolute Gasteiger partial charge is 0.495 e. The molecule has 1 aromatic heterocycles. The van der Waals surface area contributed by atoms with Crippen LogP contribution in [-0.4, -0.2) is 40.1 Å². The van der Waals surface area contributed by atoms with E-state index in [4.69, 9.17) is 4.74 Å². The quantitative estimate of drug-likeness (QED) is 0.855. The lowest BCUT2D eigenvalue weighted by atomic mass is 9.97. The van der Waals surface area contributed by atoms with Gasteiger partial charge in [-0.3, -0.25) is 4.98 Å². The first kappa shape index (κ1) is 17.7. The Labute approximate surface area is 148 Å². The molecule has 1 aliphatic rings. The highest BCUT2D eigenvalue weighted by Gasteiger charge is 2.23. The molecule has 1 fully saturated rings. The van der Waals surface area contributed by atoms with E-state index in [1.807, 2.05) is 12.1 Å². The van der Waals surface area contributed by atoms with E-state index in [1.165, 1.54) is 12.8 Å². The van der Waals surface area contributed by atoms with Crippen molar-refractivity contribution in [1.82, 2.24) is 9.71 Å². The molecule has 1 aromatic carbocycles. The fourth-order valence-corrected chi connectivity index (χ4v) is 4.38. The number of hydrogen-bond acceptors (Lipinski definition) is 5. The lowest BCUT2D eigenvalue weighted by Gasteiger charge is -2.33. The van der Waals surface area contributed by atoms with Gasteiger partial charge < -0.3 is 9.64 Å². The Kier molecular flexibility index (Phi) is 5.55. The van der Waals surface area contributed by atoms with Crippen molar-refractivity contribution in [2.45, 2.75) is 17.7 Å². The number of aromatic nitrogens is 1. The van der Waals surface area contributed by atoms with Gasteiger partial charge in [-0.15, -0.1) is 0 Å². The van der Waals surface area contributed by atoms with E-state index in [2.05, 4.69) is 14.6 Å². The van der Waals surface area contributed by atoms with E-state index in [-0.39, 0.29) is 4.90 Å². The van der Waals surface area contributed by atoms with E-state index in [9.17, 15) is 8.42 Å². The molecule has 0 atom stereocenters. The Morgan fingerprint density at radius 3 is 2.52 bits per heavy atom. The Morgan fingerprint density at radius 2 is 1.84 bits per heavy atom. The molecule has 0 aliphatic carbocycles. The van der Waals surface area contributed by atoms with Crippen LogP contribution in [0.1, 0.15) is 12.8 Å². The van der Waals surface area contributed by atoms with Crippen LogP contribution in [0.25, 0.3) is 0 Å². The van der Waals surface area contributed by atoms with Gasteiger partial charge in [0.15, 0.2) is 0 Å². The summed E-state index contributed by atoms with van der Waals surface area (Å²) in [6, 6.07) is 10.7. The fourth-order valence-electron chi connectivity index (χ4n) is 3.10. The van der Waals surface area contributed by atoms with Crippen molar-refractivity contribution in [3.8, 4) is 5.75 Å². The second kappa shape index (κ2) is 7.84. The first-order chi connectivity index (χ1) is 12.1. The van der Waals surface area contributed by atoms with Gasteiger partial charge in [0.2, 0.25) is 10.0 Å². The molecule has 0 saturated carbocycles. The number of hydrogen-bond donors (Lipinski definition) is 1. The molecule has 6 nitrogen and oxygen atoms in total. The number of sulfonamides is 1. The lowest BCUT2D eigenvalue weighted by molar-refractivity contribution is 0.395. The molecular formula is C18H23N3O3S. The minimum atomic E-state index is -3.56. The fraction of sp³-hybridized carbons (Fsp3) is 0.389. The number of ether oxygens (including phenoxy) is 1. The Bertz CT molecular complexity index is 788. The van der Waals surface area contributed by atoms with E-state index in [0.29, 0.717) is 18.2 Å². The minimum Gasteiger partial charge on any atom is -0.495 e. The van der Waals surface area contributed by atoms with Crippen LogP contribution in [0, 0.1) is 5.92 Å². The summed E-state index contributed by atoms with van der Waals surface area (Å²) in [7, 11) is -2.09. The van der Waals surface area contributed by atoms with Crippen LogP contribution in [0.15, 0.2) is 53.7 Å². The molecule has 0 unspecified atom stereocenters. The number of pyridine rings is 1. The Balaban J connectivity index is 1.56. The summed E-state index contributed by atoms with van der Waals surface area (Å²) >= 11 is 0. The number of nitrogens with one attached hydrogen (secondary N) is 1. The van der Waals surface area contributed by atoms with Crippen LogP contribution >= 0.6 is 0 Å². The first-order valence-corrected chi connectivity index (χ1v) is 9.86. The van der Waals surface area contributed by atoms with Gasteiger partial charge >= 0.3 is 0 Å². The number of rotatable bonds is 6. The first-order valence-electron chi connectivity index (χ1n) is 8.38. The maximum atomic E-state index is 12.5. The molecule has 134 valence electrons. The van der Waals surface area contributed by atoms with Gasteiger partial charge in [-0.2, -0.15) is 0 Å². The van der Waals surface area contributed by atoms with E-state index >= 15 is 0 Å². The summed E-state index contributed by atoms with van der Waals surface area (Å²) in [5, 5.41) is 0. The summed E-state index contributed by atoms with van der Waals surface area (Å²) in [6.45, 7) is 2.29. The van der Waals surface area contributed by atoms with Crippen LogP contribution in [0.4, 0.5) is 5.69 Å². The summed E-state index contributed by atoms with van der Waals surface area (Å²) in [4.78, 5) is 6.54. The third-order valence-corrected chi connectivity index (χ3v) is 6.03. The number of methoxy groups -OCH3 is 1. The molecule has 2 heterocycles. The average molecular weight is 361 g/mol. The highest BCUT2D eigenvalue weighted by molar-refractivity contribution is 7.89. The molecule has 3 rings (SSSR count). The summed E-state index contributed by atoms with van der Waals surface area (Å²) < 4.78 is 33.0. The predicted octanol–water partition coefficient (Wildman–Crippen LogP) is 2.29. The van der Waals surface area contributed by atoms with Crippen molar-refractivity contribution >= 4 is 15.7 Å². The van der Waals surface area contributed by atoms with Crippen LogP contribution < -0.4 is 14.4 Å². The zero-order chi connectivity index (χ0) is 17.7. The van der Waals surface area contributed by atoms with Gasteiger partial charge in [-0.25, -0.2) is 13.1 Å². The van der Waals surface area contributed by atoms with Crippen molar-refractivity contribution in [3.63, 3.8) is 0 Å². The Morgan fingerprint density at radius 1 is 1.16 bits per heavy atom. The number of piperidine rings is 1. The van der Waals surface area contributed by atoms with Crippen molar-refractivity contribution in [2.75, 3.05) is 31.6 Å². The van der Waals surface area contributed by atoms with Gasteiger partial charge in [0.1, 0.15) is 10.6 Å². The van der Waals surface area contributed by atoms with Crippen LogP contribution in [0.5, 0.6) is 5.75 Å². The molecule has 1 saturated heterocycles. The molecule has 1 aliphatic heterocycles. The molecule has 0 spiro atoms. The SMILES string of the molecule is COc1ccccc1S(=O)(=O)NCC1CCN(c2ccncc2)CC1. The third-order valence-electron chi connectivity index (χ3n) is 4.56. The normalized spacial score (nSPS) is 16.0. The maximum Gasteiger partial charge on any atom is 0.244 e. The van der Waals surface area contributed by atoms with Gasteiger partial charge in [-0.05, 0) is 43.0 Å². The van der Waals surface area contributed by atoms with Gasteiger partial charge in [-0.1, -0.05) is 12.1 Å². The summed E-state index contributed by atoms with van der Waals surface area (Å²) in [6.07, 6.45) is 5.50. The summed E-state index contributed by atoms with van der Waals surface area (Å²) in [5.41, 5.74) is 1.17. The maximum absolute atomic E-state index is 12.5. The Hall–Kier alpha value is -2.12. The topological polar surface area (TPSA) is 71.5 Å². The summed E-state index contributed by atoms with van der Waals surface area (Å²) in [5.74, 6) is 0.699. The molecule has 25 heavy (non-hydrogen) atoms. The van der Waals surface area contributed by atoms with E-state index in [1.54, 1.807) is 36.7 Å². The molecule has 1 N–H and O–H groups in total. The number of anilines is 1. The van der Waals surface area contributed by atoms with Crippen LogP contribution in [0.3, 0.4) is 0 Å². The van der Waals surface area contributed by atoms with Gasteiger partial charge in [0, 0.05) is 37.7 Å². The number of nitrogens with zero attached hydrogens (tertiary/aromatic N) is 2. The van der Waals surface area contributed by atoms with Crippen molar-refractivity contribution in [2.24, 2.45) is 5.92 Å².